The maximum absolute atomic E-state index is 5.86. The summed E-state index contributed by atoms with van der Waals surface area (Å²) in [7, 11) is 0. The van der Waals surface area contributed by atoms with Gasteiger partial charge in [-0.2, -0.15) is 4.98 Å². The van der Waals surface area contributed by atoms with E-state index in [0.717, 1.165) is 12.8 Å². The molecule has 1 aliphatic rings. The highest BCUT2D eigenvalue weighted by Crippen LogP contribution is 2.38. The Morgan fingerprint density at radius 3 is 3.12 bits per heavy atom. The quantitative estimate of drug-likeness (QED) is 0.782. The Morgan fingerprint density at radius 2 is 2.35 bits per heavy atom. The summed E-state index contributed by atoms with van der Waals surface area (Å²) in [5.41, 5.74) is 0. The van der Waals surface area contributed by atoms with E-state index < -0.39 is 0 Å². The lowest BCUT2D eigenvalue weighted by Crippen LogP contribution is -1.98. The fourth-order valence-corrected chi connectivity index (χ4v) is 1.62. The van der Waals surface area contributed by atoms with Crippen LogP contribution in [0.15, 0.2) is 22.9 Å². The minimum absolute atomic E-state index is 0.238. The van der Waals surface area contributed by atoms with Crippen molar-refractivity contribution in [1.82, 2.24) is 15.1 Å². The highest BCUT2D eigenvalue weighted by molar-refractivity contribution is 6.30. The molecule has 1 fully saturated rings. The van der Waals surface area contributed by atoms with Crippen LogP contribution in [0.3, 0.4) is 0 Å². The number of hydrogen-bond donors (Lipinski definition) is 0. The molecule has 2 aromatic heterocycles. The first-order chi connectivity index (χ1) is 8.33. The third-order valence-electron chi connectivity index (χ3n) is 2.49. The number of nitrogens with zero attached hydrogens (tertiary/aromatic N) is 3. The number of pyridine rings is 1. The zero-order valence-corrected chi connectivity index (χ0v) is 9.72. The van der Waals surface area contributed by atoms with Crippen LogP contribution in [0, 0.1) is 0 Å². The van der Waals surface area contributed by atoms with Crippen LogP contribution in [-0.4, -0.2) is 15.1 Å². The van der Waals surface area contributed by atoms with Crippen LogP contribution in [-0.2, 0) is 6.61 Å². The largest absolute Gasteiger partial charge is 0.482 e. The molecule has 0 amide bonds. The molecule has 1 saturated carbocycles. The lowest BCUT2D eigenvalue weighted by Gasteiger charge is -2.03. The Labute approximate surface area is 103 Å². The van der Waals surface area contributed by atoms with Gasteiger partial charge in [0, 0.05) is 12.1 Å². The Morgan fingerprint density at radius 1 is 1.47 bits per heavy atom. The van der Waals surface area contributed by atoms with Crippen LogP contribution in [0.1, 0.15) is 30.5 Å². The molecule has 17 heavy (non-hydrogen) atoms. The van der Waals surface area contributed by atoms with Gasteiger partial charge in [0.15, 0.2) is 17.5 Å². The molecule has 0 radical (unpaired) electrons. The van der Waals surface area contributed by atoms with Crippen LogP contribution >= 0.6 is 11.6 Å². The molecule has 2 aromatic rings. The second-order valence-corrected chi connectivity index (χ2v) is 4.26. The summed E-state index contributed by atoms with van der Waals surface area (Å²) in [5, 5.41) is 4.18. The number of rotatable bonds is 4. The van der Waals surface area contributed by atoms with Crippen molar-refractivity contribution < 1.29 is 9.26 Å². The van der Waals surface area contributed by atoms with Crippen molar-refractivity contribution in [2.45, 2.75) is 25.4 Å². The summed E-state index contributed by atoms with van der Waals surface area (Å²) in [6, 6.07) is 3.50. The van der Waals surface area contributed by atoms with Gasteiger partial charge in [0.2, 0.25) is 11.7 Å². The Balaban J connectivity index is 1.65. The molecule has 3 rings (SSSR count). The van der Waals surface area contributed by atoms with E-state index in [0.29, 0.717) is 28.5 Å². The Bertz CT molecular complexity index is 525. The van der Waals surface area contributed by atoms with Crippen molar-refractivity contribution in [3.05, 3.63) is 35.2 Å². The van der Waals surface area contributed by atoms with E-state index in [1.54, 1.807) is 18.3 Å². The van der Waals surface area contributed by atoms with Gasteiger partial charge in [-0.25, -0.2) is 4.98 Å². The van der Waals surface area contributed by atoms with Gasteiger partial charge >= 0.3 is 0 Å². The summed E-state index contributed by atoms with van der Waals surface area (Å²) < 4.78 is 10.6. The minimum Gasteiger partial charge on any atom is -0.482 e. The third-order valence-corrected chi connectivity index (χ3v) is 2.78. The predicted octanol–water partition coefficient (Wildman–Crippen LogP) is 2.57. The summed E-state index contributed by atoms with van der Waals surface area (Å²) in [5.74, 6) is 2.22. The van der Waals surface area contributed by atoms with Gasteiger partial charge in [0.1, 0.15) is 0 Å². The molecule has 88 valence electrons. The smallest absolute Gasteiger partial charge is 0.229 e. The minimum atomic E-state index is 0.238. The van der Waals surface area contributed by atoms with Crippen molar-refractivity contribution in [2.75, 3.05) is 0 Å². The van der Waals surface area contributed by atoms with Gasteiger partial charge in [-0.05, 0) is 25.0 Å². The van der Waals surface area contributed by atoms with E-state index in [4.69, 9.17) is 20.9 Å². The molecule has 5 nitrogen and oxygen atoms in total. The number of ether oxygens (including phenoxy) is 1. The molecule has 0 unspecified atom stereocenters. The van der Waals surface area contributed by atoms with Crippen molar-refractivity contribution in [3.8, 4) is 5.75 Å². The van der Waals surface area contributed by atoms with Gasteiger partial charge in [0.25, 0.3) is 0 Å². The van der Waals surface area contributed by atoms with Crippen LogP contribution in [0.4, 0.5) is 0 Å². The van der Waals surface area contributed by atoms with Crippen LogP contribution in [0.25, 0.3) is 0 Å². The zero-order chi connectivity index (χ0) is 11.7. The lowest BCUT2D eigenvalue weighted by molar-refractivity contribution is 0.284. The first-order valence-corrected chi connectivity index (χ1v) is 5.76. The predicted molar refractivity (Wildman–Crippen MR) is 59.9 cm³/mol. The van der Waals surface area contributed by atoms with Gasteiger partial charge < -0.3 is 9.26 Å². The molecule has 6 heteroatoms. The highest BCUT2D eigenvalue weighted by atomic mass is 35.5. The zero-order valence-electron chi connectivity index (χ0n) is 8.97. The van der Waals surface area contributed by atoms with Crippen molar-refractivity contribution in [1.29, 1.82) is 0 Å². The van der Waals surface area contributed by atoms with E-state index >= 15 is 0 Å². The molecule has 2 heterocycles. The number of halogens is 1. The van der Waals surface area contributed by atoms with Gasteiger partial charge in [0.05, 0.1) is 0 Å². The lowest BCUT2D eigenvalue weighted by atomic mass is 10.4. The average Bonchev–Trinajstić information content (AvgIpc) is 3.08. The summed E-state index contributed by atoms with van der Waals surface area (Å²) >= 11 is 5.86. The van der Waals surface area contributed by atoms with Crippen LogP contribution in [0.2, 0.25) is 5.15 Å². The van der Waals surface area contributed by atoms with Gasteiger partial charge in [-0.15, -0.1) is 0 Å². The molecular formula is C11H10ClN3O2. The monoisotopic (exact) mass is 251 g/mol. The summed E-state index contributed by atoms with van der Waals surface area (Å²) in [6.07, 6.45) is 3.88. The molecular weight excluding hydrogens is 242 g/mol. The van der Waals surface area contributed by atoms with Crippen molar-refractivity contribution in [3.63, 3.8) is 0 Å². The maximum atomic E-state index is 5.86. The first kappa shape index (κ1) is 10.5. The van der Waals surface area contributed by atoms with Crippen LogP contribution < -0.4 is 4.74 Å². The number of hydrogen-bond acceptors (Lipinski definition) is 5. The molecule has 0 aliphatic heterocycles. The average molecular weight is 252 g/mol. The number of aromatic nitrogens is 3. The third kappa shape index (κ3) is 2.39. The van der Waals surface area contributed by atoms with Gasteiger partial charge in [-0.1, -0.05) is 16.8 Å². The van der Waals surface area contributed by atoms with E-state index in [-0.39, 0.29) is 6.61 Å². The normalized spacial score (nSPS) is 14.9. The molecule has 0 atom stereocenters. The first-order valence-electron chi connectivity index (χ1n) is 5.39. The standard InChI is InChI=1S/C11H10ClN3O2/c12-10-8(2-1-5-13-10)16-6-9-14-11(17-15-9)7-3-4-7/h1-2,5,7H,3-4,6H2. The van der Waals surface area contributed by atoms with Gasteiger partial charge in [-0.3, -0.25) is 0 Å². The Kier molecular flexibility index (Phi) is 2.68. The molecule has 1 aliphatic carbocycles. The van der Waals surface area contributed by atoms with Crippen molar-refractivity contribution in [2.24, 2.45) is 0 Å². The Hall–Kier alpha value is -1.62. The van der Waals surface area contributed by atoms with E-state index in [1.165, 1.54) is 0 Å². The second kappa shape index (κ2) is 4.33. The summed E-state index contributed by atoms with van der Waals surface area (Å²) in [4.78, 5) is 8.16. The molecule has 0 spiro atoms. The fraction of sp³-hybridized carbons (Fsp3) is 0.364. The SMILES string of the molecule is Clc1ncccc1OCc1noc(C2CC2)n1. The fourth-order valence-electron chi connectivity index (χ4n) is 1.44. The van der Waals surface area contributed by atoms with Crippen molar-refractivity contribution >= 4 is 11.6 Å². The molecule has 0 bridgehead atoms. The second-order valence-electron chi connectivity index (χ2n) is 3.90. The van der Waals surface area contributed by atoms with E-state index in [2.05, 4.69) is 15.1 Å². The molecule has 0 N–H and O–H groups in total. The highest BCUT2D eigenvalue weighted by Gasteiger charge is 2.29. The van der Waals surface area contributed by atoms with E-state index in [1.807, 2.05) is 0 Å². The molecule has 0 aromatic carbocycles. The van der Waals surface area contributed by atoms with E-state index in [9.17, 15) is 0 Å². The maximum Gasteiger partial charge on any atom is 0.229 e. The molecule has 0 saturated heterocycles. The summed E-state index contributed by atoms with van der Waals surface area (Å²) in [6.45, 7) is 0.238. The van der Waals surface area contributed by atoms with Crippen LogP contribution in [0.5, 0.6) is 5.75 Å². The topological polar surface area (TPSA) is 61.0 Å².